The molecule has 1 aliphatic heterocycles. The van der Waals surface area contributed by atoms with Gasteiger partial charge in [0.2, 0.25) is 6.71 Å². The van der Waals surface area contributed by atoms with Crippen molar-refractivity contribution in [3.63, 3.8) is 0 Å². The van der Waals surface area contributed by atoms with Crippen LogP contribution in [0.4, 0.5) is 17.1 Å². The Kier molecular flexibility index (Phi) is 10.7. The van der Waals surface area contributed by atoms with Gasteiger partial charge < -0.3 is 9.47 Å². The molecule has 2 heterocycles. The van der Waals surface area contributed by atoms with Gasteiger partial charge in [-0.25, -0.2) is 0 Å². The number of rotatable bonds is 7. The van der Waals surface area contributed by atoms with Gasteiger partial charge in [-0.15, -0.1) is 0 Å². The Balaban J connectivity index is 1.00. The predicted octanol–water partition coefficient (Wildman–Crippen LogP) is 17.6. The van der Waals surface area contributed by atoms with E-state index in [-0.39, 0.29) is 12.6 Å². The van der Waals surface area contributed by atoms with E-state index in [4.69, 9.17) is 0 Å². The van der Waals surface area contributed by atoms with E-state index in [1.54, 1.807) is 0 Å². The standard InChI is InChI=1S/C78H59BN2/c1-49-39-42-70-75(44-49)81(72-36-20-15-29-58(72)54-25-9-6-10-26-54)76-45-50(2)43-51(3)77(76)79(70)71-48-65-60-31-14-19-35-67(60)78(69(65)47-64(71)52(4)56-27-11-12-28-57(56)53-23-7-5-8-24-53)66-34-18-13-30-59(66)61-41-40-55(46-68(61)78)80-73-37-21-16-32-62(73)63-33-17-22-38-74(63)80/h5-21,23-37,39-48,52H,22,38H2,1-4H3. The molecule has 384 valence electrons. The number of aryl methyl sites for hydroxylation is 3. The normalized spacial score (nSPS) is 15.5. The van der Waals surface area contributed by atoms with Gasteiger partial charge in [-0.2, -0.15) is 0 Å². The van der Waals surface area contributed by atoms with Crippen molar-refractivity contribution in [1.29, 1.82) is 0 Å². The fourth-order valence-corrected chi connectivity index (χ4v) is 15.4. The third-order valence-corrected chi connectivity index (χ3v) is 18.7. The number of allylic oxidation sites excluding steroid dienone is 1. The molecule has 0 saturated carbocycles. The number of benzene rings is 11. The van der Waals surface area contributed by atoms with Gasteiger partial charge in [0.15, 0.2) is 0 Å². The number of para-hydroxylation sites is 2. The molecule has 3 heteroatoms. The van der Waals surface area contributed by atoms with Gasteiger partial charge in [-0.3, -0.25) is 0 Å². The molecule has 0 fully saturated rings. The van der Waals surface area contributed by atoms with E-state index >= 15 is 0 Å². The van der Waals surface area contributed by atoms with Crippen molar-refractivity contribution in [2.75, 3.05) is 4.90 Å². The Labute approximate surface area is 476 Å². The predicted molar refractivity (Wildman–Crippen MR) is 342 cm³/mol. The van der Waals surface area contributed by atoms with E-state index in [0.29, 0.717) is 0 Å². The van der Waals surface area contributed by atoms with Crippen LogP contribution < -0.4 is 21.3 Å². The summed E-state index contributed by atoms with van der Waals surface area (Å²) in [4.78, 5) is 2.59. The molecule has 0 radical (unpaired) electrons. The van der Waals surface area contributed by atoms with Crippen LogP contribution in [0.2, 0.25) is 0 Å². The highest BCUT2D eigenvalue weighted by atomic mass is 15.2. The zero-order chi connectivity index (χ0) is 54.1. The highest BCUT2D eigenvalue weighted by Crippen LogP contribution is 2.63. The molecule has 2 unspecified atom stereocenters. The molecule has 0 amide bonds. The molecule has 0 N–H and O–H groups in total. The molecule has 0 bridgehead atoms. The molecule has 81 heavy (non-hydrogen) atoms. The molecular formula is C78H59BN2. The summed E-state index contributed by atoms with van der Waals surface area (Å²) in [6.07, 6.45) is 6.75. The molecular weight excluding hydrogens is 976 g/mol. The van der Waals surface area contributed by atoms with Crippen molar-refractivity contribution in [2.24, 2.45) is 0 Å². The Morgan fingerprint density at radius 3 is 1.84 bits per heavy atom. The van der Waals surface area contributed by atoms with E-state index in [1.807, 2.05) is 0 Å². The smallest absolute Gasteiger partial charge is 0.247 e. The fourth-order valence-electron chi connectivity index (χ4n) is 15.4. The molecule has 1 aromatic heterocycles. The summed E-state index contributed by atoms with van der Waals surface area (Å²) >= 11 is 0. The Morgan fingerprint density at radius 1 is 0.444 bits per heavy atom. The Hall–Kier alpha value is -9.44. The lowest BCUT2D eigenvalue weighted by Crippen LogP contribution is -2.59. The largest absolute Gasteiger partial charge is 0.313 e. The fraction of sp³-hybridized carbons (Fsp3) is 0.103. The highest BCUT2D eigenvalue weighted by Gasteiger charge is 2.53. The van der Waals surface area contributed by atoms with Crippen LogP contribution in [0.3, 0.4) is 0 Å². The quantitative estimate of drug-likeness (QED) is 0.144. The van der Waals surface area contributed by atoms with Gasteiger partial charge in [-0.1, -0.05) is 236 Å². The second-order valence-electron chi connectivity index (χ2n) is 23.2. The van der Waals surface area contributed by atoms with Crippen LogP contribution in [0.5, 0.6) is 0 Å². The summed E-state index contributed by atoms with van der Waals surface area (Å²) in [7, 11) is 0. The summed E-state index contributed by atoms with van der Waals surface area (Å²) < 4.78 is 2.58. The van der Waals surface area contributed by atoms with Crippen LogP contribution in [0, 0.1) is 20.8 Å². The number of aromatic nitrogens is 1. The lowest BCUT2D eigenvalue weighted by Gasteiger charge is -2.40. The molecule has 0 saturated heterocycles. The van der Waals surface area contributed by atoms with E-state index in [1.165, 1.54) is 156 Å². The summed E-state index contributed by atoms with van der Waals surface area (Å²) in [5.41, 5.74) is 34.3. The van der Waals surface area contributed by atoms with Gasteiger partial charge in [0.25, 0.3) is 0 Å². The Morgan fingerprint density at radius 2 is 1.06 bits per heavy atom. The first-order valence-corrected chi connectivity index (χ1v) is 29.0. The first-order valence-electron chi connectivity index (χ1n) is 29.0. The lowest BCUT2D eigenvalue weighted by molar-refractivity contribution is 0.786. The third-order valence-electron chi connectivity index (χ3n) is 18.7. The van der Waals surface area contributed by atoms with Crippen LogP contribution in [0.1, 0.15) is 80.6 Å². The SMILES string of the molecule is Cc1ccc2c(c1)N(c1ccccc1-c1ccccc1)c1cc(C)cc(C)c1B2c1cc2c(cc1C(C)c1ccccc1-c1ccccc1)C1(c3ccccc3-c3ccc(-n4c5c(c6ccccc64)C=CCC5)cc31)c1ccccc1-2. The zero-order valence-corrected chi connectivity index (χ0v) is 46.2. The minimum Gasteiger partial charge on any atom is -0.313 e. The molecule has 2 nitrogen and oxygen atoms in total. The van der Waals surface area contributed by atoms with E-state index in [2.05, 4.69) is 292 Å². The summed E-state index contributed by atoms with van der Waals surface area (Å²) in [5, 5.41) is 1.32. The molecule has 1 spiro atoms. The van der Waals surface area contributed by atoms with Crippen LogP contribution in [0.25, 0.3) is 67.2 Å². The molecule has 3 aliphatic carbocycles. The van der Waals surface area contributed by atoms with Crippen LogP contribution in [0.15, 0.2) is 249 Å². The maximum absolute atomic E-state index is 2.71. The summed E-state index contributed by atoms with van der Waals surface area (Å²) in [6, 6.07) is 92.8. The average molecular weight is 1040 g/mol. The summed E-state index contributed by atoms with van der Waals surface area (Å²) in [5.74, 6) is -0.00400. The van der Waals surface area contributed by atoms with Crippen molar-refractivity contribution in [3.8, 4) is 50.2 Å². The minimum absolute atomic E-state index is 0.00400. The van der Waals surface area contributed by atoms with E-state index < -0.39 is 5.41 Å². The first-order chi connectivity index (χ1) is 39.9. The number of nitrogens with zero attached hydrogens (tertiary/aromatic N) is 2. The second-order valence-corrected chi connectivity index (χ2v) is 23.2. The van der Waals surface area contributed by atoms with Gasteiger partial charge in [0.1, 0.15) is 0 Å². The van der Waals surface area contributed by atoms with Gasteiger partial charge in [0, 0.05) is 45.2 Å². The van der Waals surface area contributed by atoms with Gasteiger partial charge in [0.05, 0.1) is 16.6 Å². The summed E-state index contributed by atoms with van der Waals surface area (Å²) in [6.45, 7) is 9.26. The average Bonchev–Trinajstić information content (AvgIpc) is 4.30. The van der Waals surface area contributed by atoms with Crippen molar-refractivity contribution in [2.45, 2.75) is 51.9 Å². The Bertz CT molecular complexity index is 4600. The van der Waals surface area contributed by atoms with Crippen LogP contribution in [-0.2, 0) is 11.8 Å². The minimum atomic E-state index is -0.590. The molecule has 16 rings (SSSR count). The third kappa shape index (κ3) is 6.94. The maximum Gasteiger partial charge on any atom is 0.247 e. The van der Waals surface area contributed by atoms with E-state index in [9.17, 15) is 0 Å². The highest BCUT2D eigenvalue weighted by molar-refractivity contribution is 6.98. The van der Waals surface area contributed by atoms with Crippen molar-refractivity contribution < 1.29 is 0 Å². The second kappa shape index (κ2) is 18.3. The van der Waals surface area contributed by atoms with E-state index in [0.717, 1.165) is 12.8 Å². The van der Waals surface area contributed by atoms with Crippen LogP contribution in [-0.4, -0.2) is 11.3 Å². The molecule has 11 aromatic carbocycles. The molecule has 2 atom stereocenters. The number of hydrogen-bond acceptors (Lipinski definition) is 1. The zero-order valence-electron chi connectivity index (χ0n) is 46.2. The van der Waals surface area contributed by atoms with Gasteiger partial charge in [-0.05, 0) is 164 Å². The van der Waals surface area contributed by atoms with Crippen molar-refractivity contribution >= 4 is 57.1 Å². The number of hydrogen-bond donors (Lipinski definition) is 0. The first kappa shape index (κ1) is 47.6. The van der Waals surface area contributed by atoms with Crippen molar-refractivity contribution in [1.82, 2.24) is 4.57 Å². The molecule has 4 aliphatic rings. The maximum atomic E-state index is 2.71. The molecule has 12 aromatic rings. The van der Waals surface area contributed by atoms with Gasteiger partial charge >= 0.3 is 0 Å². The number of fused-ring (bicyclic) bond motifs is 15. The van der Waals surface area contributed by atoms with Crippen LogP contribution >= 0.6 is 0 Å². The number of anilines is 3. The monoisotopic (exact) mass is 1030 g/mol. The topological polar surface area (TPSA) is 8.17 Å². The van der Waals surface area contributed by atoms with Crippen molar-refractivity contribution in [3.05, 3.63) is 310 Å². The lowest BCUT2D eigenvalue weighted by atomic mass is 9.33.